The van der Waals surface area contributed by atoms with Crippen LogP contribution in [0.3, 0.4) is 0 Å². The zero-order valence-corrected chi connectivity index (χ0v) is 17.7. The normalized spacial score (nSPS) is 14.4. The Morgan fingerprint density at radius 2 is 1.82 bits per heavy atom. The van der Waals surface area contributed by atoms with Gasteiger partial charge in [0.2, 0.25) is 0 Å². The third-order valence-electron chi connectivity index (χ3n) is 4.91. The minimum absolute atomic E-state index is 0.325. The molecule has 1 aliphatic carbocycles. The summed E-state index contributed by atoms with van der Waals surface area (Å²) in [5.74, 6) is 1.34. The molecular weight excluding hydrogens is 373 g/mol. The average Bonchev–Trinajstić information content (AvgIpc) is 2.88. The van der Waals surface area contributed by atoms with Crippen LogP contribution in [0.5, 0.6) is 0 Å². The SMILES string of the molecule is CC(C)=C(C)n1c(C)nc(C2=C(C)CC=C(F)C=C2Cl)c1Nc1ccccc1. The van der Waals surface area contributed by atoms with Crippen LogP contribution >= 0.6 is 11.6 Å². The van der Waals surface area contributed by atoms with Crippen LogP contribution in [0.2, 0.25) is 0 Å². The number of halogens is 2. The van der Waals surface area contributed by atoms with Gasteiger partial charge in [-0.2, -0.15) is 0 Å². The van der Waals surface area contributed by atoms with Crippen LogP contribution in [0.25, 0.3) is 11.3 Å². The molecule has 146 valence electrons. The van der Waals surface area contributed by atoms with Gasteiger partial charge in [0.25, 0.3) is 0 Å². The Labute approximate surface area is 170 Å². The summed E-state index contributed by atoms with van der Waals surface area (Å²) in [6, 6.07) is 9.93. The van der Waals surface area contributed by atoms with Gasteiger partial charge in [0, 0.05) is 17.0 Å². The maximum atomic E-state index is 13.9. The summed E-state index contributed by atoms with van der Waals surface area (Å²) < 4.78 is 16.0. The number of anilines is 2. The topological polar surface area (TPSA) is 29.9 Å². The fraction of sp³-hybridized carbons (Fsp3) is 0.261. The second-order valence-corrected chi connectivity index (χ2v) is 7.62. The summed E-state index contributed by atoms with van der Waals surface area (Å²) in [6.07, 6.45) is 3.40. The van der Waals surface area contributed by atoms with Gasteiger partial charge in [0.15, 0.2) is 0 Å². The Kier molecular flexibility index (Phi) is 5.90. The van der Waals surface area contributed by atoms with Gasteiger partial charge in [-0.05, 0) is 65.3 Å². The lowest BCUT2D eigenvalue weighted by Gasteiger charge is -2.17. The molecule has 0 fully saturated rings. The largest absolute Gasteiger partial charge is 0.339 e. The molecule has 0 amide bonds. The predicted octanol–water partition coefficient (Wildman–Crippen LogP) is 7.36. The van der Waals surface area contributed by atoms with E-state index in [-0.39, 0.29) is 5.83 Å². The molecule has 1 heterocycles. The van der Waals surface area contributed by atoms with Crippen LogP contribution in [-0.4, -0.2) is 9.55 Å². The molecule has 0 saturated carbocycles. The standard InChI is InChI=1S/C23H25ClFN3/c1-14(2)16(4)28-17(5)26-22(23(28)27-19-9-7-6-8-10-19)21-15(3)11-12-18(25)13-20(21)24/h6-10,12-13,27H,11H2,1-5H3. The molecule has 3 rings (SSSR count). The third-order valence-corrected chi connectivity index (χ3v) is 5.21. The maximum absolute atomic E-state index is 13.9. The molecule has 0 spiro atoms. The van der Waals surface area contributed by atoms with Gasteiger partial charge in [-0.1, -0.05) is 40.9 Å². The predicted molar refractivity (Wildman–Crippen MR) is 117 cm³/mol. The van der Waals surface area contributed by atoms with E-state index in [1.807, 2.05) is 44.2 Å². The van der Waals surface area contributed by atoms with Gasteiger partial charge >= 0.3 is 0 Å². The number of para-hydroxylation sites is 1. The summed E-state index contributed by atoms with van der Waals surface area (Å²) in [5.41, 5.74) is 5.69. The zero-order chi connectivity index (χ0) is 20.4. The first-order valence-electron chi connectivity index (χ1n) is 9.28. The first-order valence-corrected chi connectivity index (χ1v) is 9.66. The van der Waals surface area contributed by atoms with E-state index in [1.54, 1.807) is 6.08 Å². The van der Waals surface area contributed by atoms with Crippen molar-refractivity contribution in [3.05, 3.63) is 76.0 Å². The summed E-state index contributed by atoms with van der Waals surface area (Å²) in [4.78, 5) is 4.84. The lowest BCUT2D eigenvalue weighted by atomic mass is 10.0. The quantitative estimate of drug-likeness (QED) is 0.584. The highest BCUT2D eigenvalue weighted by atomic mass is 35.5. The van der Waals surface area contributed by atoms with Gasteiger partial charge in [-0.15, -0.1) is 0 Å². The average molecular weight is 398 g/mol. The molecule has 0 bridgehead atoms. The first kappa shape index (κ1) is 20.2. The van der Waals surface area contributed by atoms with Gasteiger partial charge in [0.05, 0.1) is 5.03 Å². The number of aryl methyl sites for hydroxylation is 1. The van der Waals surface area contributed by atoms with Crippen molar-refractivity contribution in [1.82, 2.24) is 9.55 Å². The van der Waals surface area contributed by atoms with E-state index in [0.717, 1.165) is 39.9 Å². The maximum Gasteiger partial charge on any atom is 0.143 e. The van der Waals surface area contributed by atoms with Crippen molar-refractivity contribution in [2.24, 2.45) is 0 Å². The molecule has 1 N–H and O–H groups in total. The van der Waals surface area contributed by atoms with E-state index < -0.39 is 0 Å². The van der Waals surface area contributed by atoms with Crippen molar-refractivity contribution in [3.8, 4) is 0 Å². The van der Waals surface area contributed by atoms with Crippen LogP contribution in [-0.2, 0) is 0 Å². The Morgan fingerprint density at radius 1 is 1.14 bits per heavy atom. The summed E-state index contributed by atoms with van der Waals surface area (Å²) >= 11 is 6.52. The van der Waals surface area contributed by atoms with Crippen LogP contribution in [0, 0.1) is 6.92 Å². The number of hydrogen-bond acceptors (Lipinski definition) is 2. The molecule has 0 radical (unpaired) electrons. The summed E-state index contributed by atoms with van der Waals surface area (Å²) in [5, 5.41) is 3.86. The van der Waals surface area contributed by atoms with E-state index in [0.29, 0.717) is 11.5 Å². The molecule has 0 unspecified atom stereocenters. The van der Waals surface area contributed by atoms with E-state index in [2.05, 4.69) is 30.7 Å². The molecule has 1 aromatic carbocycles. The van der Waals surface area contributed by atoms with Crippen molar-refractivity contribution in [3.63, 3.8) is 0 Å². The van der Waals surface area contributed by atoms with Crippen molar-refractivity contribution in [1.29, 1.82) is 0 Å². The van der Waals surface area contributed by atoms with Crippen molar-refractivity contribution < 1.29 is 4.39 Å². The molecule has 1 aromatic heterocycles. The van der Waals surface area contributed by atoms with Gasteiger partial charge in [0.1, 0.15) is 23.2 Å². The fourth-order valence-electron chi connectivity index (χ4n) is 3.24. The molecule has 0 aliphatic heterocycles. The lowest BCUT2D eigenvalue weighted by Crippen LogP contribution is -2.05. The van der Waals surface area contributed by atoms with Gasteiger partial charge in [-0.3, -0.25) is 4.57 Å². The zero-order valence-electron chi connectivity index (χ0n) is 16.9. The molecule has 2 aromatic rings. The molecule has 0 atom stereocenters. The minimum Gasteiger partial charge on any atom is -0.339 e. The second-order valence-electron chi connectivity index (χ2n) is 7.21. The molecule has 1 aliphatic rings. The lowest BCUT2D eigenvalue weighted by molar-refractivity contribution is 0.662. The number of allylic oxidation sites excluding steroid dienone is 8. The minimum atomic E-state index is -0.325. The van der Waals surface area contributed by atoms with E-state index in [4.69, 9.17) is 16.6 Å². The molecular formula is C23H25ClFN3. The smallest absolute Gasteiger partial charge is 0.143 e. The number of aromatic nitrogens is 2. The number of benzene rings is 1. The fourth-order valence-corrected chi connectivity index (χ4v) is 3.59. The number of nitrogens with one attached hydrogen (secondary N) is 1. The number of hydrogen-bond donors (Lipinski definition) is 1. The van der Waals surface area contributed by atoms with E-state index >= 15 is 0 Å². The highest BCUT2D eigenvalue weighted by molar-refractivity contribution is 6.37. The monoisotopic (exact) mass is 397 g/mol. The highest BCUT2D eigenvalue weighted by Crippen LogP contribution is 2.39. The summed E-state index contributed by atoms with van der Waals surface area (Å²) in [6.45, 7) is 10.1. The Balaban J connectivity index is 2.26. The van der Waals surface area contributed by atoms with Crippen molar-refractivity contribution in [2.75, 3.05) is 5.32 Å². The van der Waals surface area contributed by atoms with Crippen molar-refractivity contribution >= 4 is 34.4 Å². The van der Waals surface area contributed by atoms with Crippen LogP contribution in [0.15, 0.2) is 64.5 Å². The Hall–Kier alpha value is -2.59. The van der Waals surface area contributed by atoms with Crippen molar-refractivity contribution in [2.45, 2.75) is 41.0 Å². The van der Waals surface area contributed by atoms with Gasteiger partial charge in [-0.25, -0.2) is 9.37 Å². The molecule has 28 heavy (non-hydrogen) atoms. The van der Waals surface area contributed by atoms with E-state index in [9.17, 15) is 4.39 Å². The van der Waals surface area contributed by atoms with Crippen LogP contribution in [0.4, 0.5) is 15.9 Å². The van der Waals surface area contributed by atoms with Crippen LogP contribution in [0.1, 0.15) is 45.6 Å². The van der Waals surface area contributed by atoms with Gasteiger partial charge < -0.3 is 5.32 Å². The number of nitrogens with zero attached hydrogens (tertiary/aromatic N) is 2. The first-order chi connectivity index (χ1) is 13.3. The second kappa shape index (κ2) is 8.19. The molecule has 5 heteroatoms. The summed E-state index contributed by atoms with van der Waals surface area (Å²) in [7, 11) is 0. The molecule has 0 saturated heterocycles. The number of imidazole rings is 1. The highest BCUT2D eigenvalue weighted by Gasteiger charge is 2.24. The van der Waals surface area contributed by atoms with E-state index in [1.165, 1.54) is 11.6 Å². The van der Waals surface area contributed by atoms with Crippen LogP contribution < -0.4 is 5.32 Å². The molecule has 3 nitrogen and oxygen atoms in total. The number of rotatable bonds is 4. The Bertz CT molecular complexity index is 1020. The Morgan fingerprint density at radius 3 is 2.46 bits per heavy atom. The third kappa shape index (κ3) is 3.97.